The van der Waals surface area contributed by atoms with Gasteiger partial charge in [-0.05, 0) is 35.9 Å². The first-order chi connectivity index (χ1) is 15.0. The Balaban J connectivity index is 1.90. The fourth-order valence-electron chi connectivity index (χ4n) is 2.64. The van der Waals surface area contributed by atoms with Crippen molar-refractivity contribution in [2.75, 3.05) is 5.43 Å². The van der Waals surface area contributed by atoms with Crippen molar-refractivity contribution in [3.8, 4) is 17.2 Å². The molecule has 0 spiro atoms. The van der Waals surface area contributed by atoms with E-state index in [4.69, 9.17) is 0 Å². The summed E-state index contributed by atoms with van der Waals surface area (Å²) in [4.78, 5) is 11.3. The molecule has 0 bridgehead atoms. The number of hydrogen-bond acceptors (Lipinski definition) is 5. The largest absolute Gasteiger partial charge is 0.426 e. The monoisotopic (exact) mass is 467 g/mol. The number of ketones is 1. The molecule has 0 radical (unpaired) electrons. The van der Waals surface area contributed by atoms with Crippen molar-refractivity contribution < 1.29 is 31.1 Å². The van der Waals surface area contributed by atoms with E-state index < -0.39 is 34.3 Å². The second kappa shape index (κ2) is 8.84. The molecule has 0 saturated heterocycles. The zero-order valence-electron chi connectivity index (χ0n) is 15.8. The molecule has 1 heterocycles. The zero-order chi connectivity index (χ0) is 23.5. The fourth-order valence-corrected chi connectivity index (χ4v) is 3.63. The average Bonchev–Trinajstić information content (AvgIpc) is 3.20. The topological polar surface area (TPSA) is 65.2 Å². The highest BCUT2D eigenvalue weighted by Crippen LogP contribution is 2.43. The molecule has 0 aliphatic carbocycles. The molecule has 0 saturated carbocycles. The van der Waals surface area contributed by atoms with Crippen LogP contribution in [0, 0.1) is 11.3 Å². The maximum atomic E-state index is 13.5. The highest BCUT2D eigenvalue weighted by atomic mass is 32.1. The highest BCUT2D eigenvalue weighted by molar-refractivity contribution is 7.15. The summed E-state index contributed by atoms with van der Waals surface area (Å²) in [6.07, 6.45) is -9.27. The van der Waals surface area contributed by atoms with Gasteiger partial charge in [-0.2, -0.15) is 36.7 Å². The number of Topliss-reactive ketones (excluding diaryl/α,β-unsaturated/α-hetero) is 1. The minimum Gasteiger partial charge on any atom is -0.285 e. The van der Waals surface area contributed by atoms with Crippen LogP contribution in [-0.2, 0) is 12.4 Å². The molecule has 0 amide bonds. The lowest BCUT2D eigenvalue weighted by molar-refractivity contribution is -0.137. The van der Waals surface area contributed by atoms with Crippen molar-refractivity contribution in [3.05, 3.63) is 76.0 Å². The minimum absolute atomic E-state index is 0.0469. The van der Waals surface area contributed by atoms with Crippen molar-refractivity contribution >= 4 is 28.5 Å². The van der Waals surface area contributed by atoms with Crippen LogP contribution in [0.2, 0.25) is 0 Å². The van der Waals surface area contributed by atoms with E-state index in [1.165, 1.54) is 18.2 Å². The lowest BCUT2D eigenvalue weighted by Gasteiger charge is -2.07. The Kier molecular flexibility index (Phi) is 6.36. The Morgan fingerprint density at radius 2 is 1.56 bits per heavy atom. The highest BCUT2D eigenvalue weighted by Gasteiger charge is 2.37. The predicted octanol–water partition coefficient (Wildman–Crippen LogP) is 6.63. The van der Waals surface area contributed by atoms with E-state index in [0.717, 1.165) is 30.3 Å². The van der Waals surface area contributed by atoms with Crippen LogP contribution in [0.1, 0.15) is 20.1 Å². The van der Waals surface area contributed by atoms with Gasteiger partial charge in [0.2, 0.25) is 11.5 Å². The van der Waals surface area contributed by atoms with Crippen LogP contribution in [0.5, 0.6) is 0 Å². The van der Waals surface area contributed by atoms with Gasteiger partial charge < -0.3 is 0 Å². The standard InChI is InChI=1S/C21H11F6N3OS/c22-20(23,24)13-6-8-14(9-7-13)29-30-16(11-28)18(31)17-10-15(12-4-2-1-3-5-12)19(32-17)21(25,26)27/h1-10,29H/b30-16-. The summed E-state index contributed by atoms with van der Waals surface area (Å²) in [5.74, 6) is -1.05. The van der Waals surface area contributed by atoms with Crippen LogP contribution in [0.15, 0.2) is 65.8 Å². The van der Waals surface area contributed by atoms with Gasteiger partial charge in [0.25, 0.3) is 0 Å². The molecule has 1 N–H and O–H groups in total. The third kappa shape index (κ3) is 5.15. The first-order valence-corrected chi connectivity index (χ1v) is 9.54. The summed E-state index contributed by atoms with van der Waals surface area (Å²) in [5, 5.41) is 12.8. The molecule has 3 rings (SSSR count). The van der Waals surface area contributed by atoms with Crippen LogP contribution < -0.4 is 5.43 Å². The van der Waals surface area contributed by atoms with Gasteiger partial charge >= 0.3 is 12.4 Å². The molecule has 0 aliphatic heterocycles. The molecule has 1 aromatic heterocycles. The van der Waals surface area contributed by atoms with E-state index >= 15 is 0 Å². The van der Waals surface area contributed by atoms with Gasteiger partial charge in [0.05, 0.1) is 16.1 Å². The van der Waals surface area contributed by atoms with Crippen molar-refractivity contribution in [3.63, 3.8) is 0 Å². The first kappa shape index (κ1) is 23.0. The van der Waals surface area contributed by atoms with E-state index in [1.54, 1.807) is 18.2 Å². The quantitative estimate of drug-likeness (QED) is 0.198. The number of hydrazone groups is 1. The summed E-state index contributed by atoms with van der Waals surface area (Å²) in [6.45, 7) is 0. The summed E-state index contributed by atoms with van der Waals surface area (Å²) in [6, 6.07) is 13.8. The Morgan fingerprint density at radius 3 is 2.09 bits per heavy atom. The molecule has 0 unspecified atom stereocenters. The number of thiophene rings is 1. The summed E-state index contributed by atoms with van der Waals surface area (Å²) < 4.78 is 78.3. The number of halogens is 6. The number of rotatable bonds is 5. The van der Waals surface area contributed by atoms with E-state index in [-0.39, 0.29) is 33.0 Å². The van der Waals surface area contributed by atoms with Crippen LogP contribution >= 0.6 is 11.3 Å². The number of anilines is 1. The van der Waals surface area contributed by atoms with Crippen LogP contribution in [0.25, 0.3) is 11.1 Å². The number of nitrogens with one attached hydrogen (secondary N) is 1. The van der Waals surface area contributed by atoms with Gasteiger partial charge in [-0.1, -0.05) is 30.3 Å². The van der Waals surface area contributed by atoms with Gasteiger partial charge in [0.15, 0.2) is 0 Å². The summed E-state index contributed by atoms with van der Waals surface area (Å²) in [7, 11) is 0. The Hall–Kier alpha value is -3.65. The van der Waals surface area contributed by atoms with Gasteiger partial charge in [0, 0.05) is 5.56 Å². The number of carbonyl (C=O) groups excluding carboxylic acids is 1. The van der Waals surface area contributed by atoms with Gasteiger partial charge in [-0.15, -0.1) is 11.3 Å². The SMILES string of the molecule is N#C/C(=N/Nc1ccc(C(F)(F)F)cc1)C(=O)c1cc(-c2ccccc2)c(C(F)(F)F)s1. The molecule has 0 atom stereocenters. The predicted molar refractivity (Wildman–Crippen MR) is 107 cm³/mol. The molecular formula is C21H11F6N3OS. The van der Waals surface area contributed by atoms with E-state index in [2.05, 4.69) is 10.5 Å². The molecule has 11 heteroatoms. The molecular weight excluding hydrogens is 456 g/mol. The lowest BCUT2D eigenvalue weighted by atomic mass is 10.1. The third-order valence-corrected chi connectivity index (χ3v) is 5.31. The van der Waals surface area contributed by atoms with Crippen LogP contribution in [0.3, 0.4) is 0 Å². The Morgan fingerprint density at radius 1 is 0.938 bits per heavy atom. The molecule has 164 valence electrons. The lowest BCUT2D eigenvalue weighted by Crippen LogP contribution is -2.13. The second-order valence-corrected chi connectivity index (χ2v) is 7.36. The number of nitrogens with zero attached hydrogens (tertiary/aromatic N) is 2. The van der Waals surface area contributed by atoms with E-state index in [1.807, 2.05) is 0 Å². The molecule has 0 aliphatic rings. The first-order valence-electron chi connectivity index (χ1n) is 8.73. The van der Waals surface area contributed by atoms with Crippen LogP contribution in [-0.4, -0.2) is 11.5 Å². The van der Waals surface area contributed by atoms with Crippen molar-refractivity contribution in [1.82, 2.24) is 0 Å². The normalized spacial score (nSPS) is 12.3. The van der Waals surface area contributed by atoms with Gasteiger partial charge in [-0.25, -0.2) is 0 Å². The maximum Gasteiger partial charge on any atom is 0.426 e. The maximum absolute atomic E-state index is 13.5. The van der Waals surface area contributed by atoms with Crippen LogP contribution in [0.4, 0.5) is 32.0 Å². The number of carbonyl (C=O) groups is 1. The van der Waals surface area contributed by atoms with E-state index in [0.29, 0.717) is 0 Å². The van der Waals surface area contributed by atoms with Crippen molar-refractivity contribution in [2.24, 2.45) is 5.10 Å². The molecule has 0 fully saturated rings. The summed E-state index contributed by atoms with van der Waals surface area (Å²) in [5.41, 5.74) is 0.692. The second-order valence-electron chi connectivity index (χ2n) is 6.31. The van der Waals surface area contributed by atoms with Gasteiger partial charge in [-0.3, -0.25) is 10.2 Å². The molecule has 32 heavy (non-hydrogen) atoms. The van der Waals surface area contributed by atoms with Gasteiger partial charge in [0.1, 0.15) is 10.9 Å². The van der Waals surface area contributed by atoms with Crippen molar-refractivity contribution in [1.29, 1.82) is 5.26 Å². The molecule has 2 aromatic carbocycles. The van der Waals surface area contributed by atoms with Crippen molar-refractivity contribution in [2.45, 2.75) is 12.4 Å². The number of alkyl halides is 6. The number of nitriles is 1. The zero-order valence-corrected chi connectivity index (χ0v) is 16.6. The number of hydrogen-bond donors (Lipinski definition) is 1. The molecule has 4 nitrogen and oxygen atoms in total. The van der Waals surface area contributed by atoms with E-state index in [9.17, 15) is 36.4 Å². The number of benzene rings is 2. The Labute approximate surface area is 181 Å². The summed E-state index contributed by atoms with van der Waals surface area (Å²) >= 11 is 0.180. The molecule has 3 aromatic rings. The fraction of sp³-hybridized carbons (Fsp3) is 0.0952. The average molecular weight is 467 g/mol. The Bertz CT molecular complexity index is 1190. The minimum atomic E-state index is -4.73. The smallest absolute Gasteiger partial charge is 0.285 e. The third-order valence-electron chi connectivity index (χ3n) is 4.13.